The van der Waals surface area contributed by atoms with Crippen LogP contribution < -0.4 is 4.74 Å². The van der Waals surface area contributed by atoms with Crippen molar-refractivity contribution in [1.29, 1.82) is 0 Å². The summed E-state index contributed by atoms with van der Waals surface area (Å²) in [5.41, 5.74) is 3.77. The van der Waals surface area contributed by atoms with Crippen molar-refractivity contribution in [2.75, 3.05) is 28.3 Å². The van der Waals surface area contributed by atoms with E-state index in [4.69, 9.17) is 9.47 Å². The Kier molecular flexibility index (Phi) is 6.61. The topological polar surface area (TPSA) is 109 Å². The molecule has 10 nitrogen and oxygen atoms in total. The van der Waals surface area contributed by atoms with Crippen LogP contribution in [0.25, 0.3) is 21.9 Å². The summed E-state index contributed by atoms with van der Waals surface area (Å²) in [6.07, 6.45) is 4.94. The number of carbonyl (C=O) groups is 3. The van der Waals surface area contributed by atoms with E-state index in [9.17, 15) is 14.4 Å². The second-order valence-electron chi connectivity index (χ2n) is 9.25. The SMILES string of the molecule is COC(=O)c1cccc2c1c(C(=O)c1ccc(Cn3c(C)nc4ccncc43)c(OC)c1)cn2C(=O)N(C)C. The van der Waals surface area contributed by atoms with Gasteiger partial charge in [0, 0.05) is 48.6 Å². The van der Waals surface area contributed by atoms with E-state index in [2.05, 4.69) is 9.97 Å². The van der Waals surface area contributed by atoms with Gasteiger partial charge in [-0.25, -0.2) is 14.6 Å². The molecule has 5 rings (SSSR count). The number of amides is 1. The van der Waals surface area contributed by atoms with Crippen molar-refractivity contribution < 1.29 is 23.9 Å². The maximum Gasteiger partial charge on any atom is 0.338 e. The summed E-state index contributed by atoms with van der Waals surface area (Å²) in [5.74, 6) is 0.385. The van der Waals surface area contributed by atoms with Gasteiger partial charge in [-0.05, 0) is 31.2 Å². The highest BCUT2D eigenvalue weighted by Gasteiger charge is 2.25. The first-order valence-corrected chi connectivity index (χ1v) is 12.2. The van der Waals surface area contributed by atoms with Gasteiger partial charge in [-0.2, -0.15) is 0 Å². The molecule has 0 spiro atoms. The lowest BCUT2D eigenvalue weighted by atomic mass is 9.98. The molecular formula is C29H27N5O5. The number of hydrogen-bond donors (Lipinski definition) is 0. The summed E-state index contributed by atoms with van der Waals surface area (Å²) in [6.45, 7) is 2.39. The minimum absolute atomic E-state index is 0.198. The quantitative estimate of drug-likeness (QED) is 0.240. The first kappa shape index (κ1) is 25.7. The number of rotatable bonds is 6. The molecule has 0 saturated heterocycles. The van der Waals surface area contributed by atoms with Crippen molar-refractivity contribution in [3.8, 4) is 5.75 Å². The Balaban J connectivity index is 1.60. The minimum Gasteiger partial charge on any atom is -0.496 e. The van der Waals surface area contributed by atoms with Gasteiger partial charge in [0.05, 0.1) is 49.1 Å². The van der Waals surface area contributed by atoms with Gasteiger partial charge < -0.3 is 18.9 Å². The molecule has 0 atom stereocenters. The largest absolute Gasteiger partial charge is 0.496 e. The summed E-state index contributed by atoms with van der Waals surface area (Å²) < 4.78 is 14.0. The summed E-state index contributed by atoms with van der Waals surface area (Å²) in [4.78, 5) is 49.6. The summed E-state index contributed by atoms with van der Waals surface area (Å²) in [5, 5.41) is 0.348. The zero-order valence-electron chi connectivity index (χ0n) is 22.3. The van der Waals surface area contributed by atoms with E-state index in [1.54, 1.807) is 63.9 Å². The summed E-state index contributed by atoms with van der Waals surface area (Å²) in [7, 11) is 6.05. The van der Waals surface area contributed by atoms with Crippen LogP contribution in [0.3, 0.4) is 0 Å². The van der Waals surface area contributed by atoms with Gasteiger partial charge in [0.1, 0.15) is 11.6 Å². The van der Waals surface area contributed by atoms with Crippen molar-refractivity contribution >= 4 is 39.7 Å². The van der Waals surface area contributed by atoms with Crippen molar-refractivity contribution in [3.05, 3.63) is 89.1 Å². The van der Waals surface area contributed by atoms with E-state index < -0.39 is 5.97 Å². The highest BCUT2D eigenvalue weighted by atomic mass is 16.5. The number of imidazole rings is 1. The summed E-state index contributed by atoms with van der Waals surface area (Å²) in [6, 6.07) is 11.6. The van der Waals surface area contributed by atoms with Crippen LogP contribution in [0, 0.1) is 6.92 Å². The second-order valence-corrected chi connectivity index (χ2v) is 9.25. The molecule has 0 unspecified atom stereocenters. The van der Waals surface area contributed by atoms with E-state index in [1.807, 2.05) is 23.6 Å². The number of aromatic nitrogens is 4. The van der Waals surface area contributed by atoms with Crippen LogP contribution in [-0.2, 0) is 11.3 Å². The fraction of sp³-hybridized carbons (Fsp3) is 0.207. The third-order valence-corrected chi connectivity index (χ3v) is 6.69. The fourth-order valence-corrected chi connectivity index (χ4v) is 4.75. The van der Waals surface area contributed by atoms with Gasteiger partial charge in [-0.3, -0.25) is 14.3 Å². The average Bonchev–Trinajstić information content (AvgIpc) is 3.49. The Morgan fingerprint density at radius 1 is 1.00 bits per heavy atom. The smallest absolute Gasteiger partial charge is 0.338 e. The van der Waals surface area contributed by atoms with Crippen LogP contribution >= 0.6 is 0 Å². The molecule has 0 aliphatic rings. The van der Waals surface area contributed by atoms with Gasteiger partial charge >= 0.3 is 12.0 Å². The number of esters is 1. The maximum absolute atomic E-state index is 13.9. The molecule has 0 radical (unpaired) electrons. The lowest BCUT2D eigenvalue weighted by Gasteiger charge is -2.13. The second kappa shape index (κ2) is 10.1. The number of methoxy groups -OCH3 is 2. The van der Waals surface area contributed by atoms with Crippen LogP contribution in [-0.4, -0.2) is 70.1 Å². The Labute approximate surface area is 224 Å². The number of benzene rings is 2. The van der Waals surface area contributed by atoms with E-state index in [0.717, 1.165) is 22.4 Å². The number of pyridine rings is 1. The molecule has 10 heteroatoms. The third kappa shape index (κ3) is 4.39. The van der Waals surface area contributed by atoms with Crippen LogP contribution in [0.1, 0.15) is 37.7 Å². The van der Waals surface area contributed by atoms with Crippen molar-refractivity contribution in [2.45, 2.75) is 13.5 Å². The number of carbonyl (C=O) groups excluding carboxylic acids is 3. The zero-order chi connectivity index (χ0) is 27.8. The predicted octanol–water partition coefficient (Wildman–Crippen LogP) is 4.30. The molecule has 0 N–H and O–H groups in total. The molecule has 0 aliphatic heterocycles. The number of ketones is 1. The molecule has 3 heterocycles. The molecule has 2 aromatic carbocycles. The number of ether oxygens (including phenoxy) is 2. The number of aryl methyl sites for hydroxylation is 1. The summed E-state index contributed by atoms with van der Waals surface area (Å²) >= 11 is 0. The molecule has 3 aromatic heterocycles. The van der Waals surface area contributed by atoms with Crippen LogP contribution in [0.5, 0.6) is 5.75 Å². The fourth-order valence-electron chi connectivity index (χ4n) is 4.75. The number of hydrogen-bond acceptors (Lipinski definition) is 7. The number of nitrogens with zero attached hydrogens (tertiary/aromatic N) is 5. The van der Waals surface area contributed by atoms with Crippen molar-refractivity contribution in [1.82, 2.24) is 24.0 Å². The Hall–Kier alpha value is -4.99. The lowest BCUT2D eigenvalue weighted by Crippen LogP contribution is -2.26. The van der Waals surface area contributed by atoms with Gasteiger partial charge in [0.2, 0.25) is 0 Å². The Bertz CT molecular complexity index is 1770. The lowest BCUT2D eigenvalue weighted by molar-refractivity contribution is 0.0603. The predicted molar refractivity (Wildman–Crippen MR) is 146 cm³/mol. The highest BCUT2D eigenvalue weighted by molar-refractivity contribution is 6.21. The Morgan fingerprint density at radius 2 is 1.79 bits per heavy atom. The van der Waals surface area contributed by atoms with Gasteiger partial charge in [0.25, 0.3) is 0 Å². The van der Waals surface area contributed by atoms with Crippen molar-refractivity contribution in [2.24, 2.45) is 0 Å². The molecule has 0 saturated carbocycles. The molecule has 0 aliphatic carbocycles. The van der Waals surface area contributed by atoms with Crippen LogP contribution in [0.15, 0.2) is 61.1 Å². The van der Waals surface area contributed by atoms with Gasteiger partial charge in [0.15, 0.2) is 5.78 Å². The molecule has 39 heavy (non-hydrogen) atoms. The standard InChI is InChI=1S/C29H27N5O5/c1-17-31-22-11-12-30-14-24(22)33(17)15-19-10-9-18(13-25(19)38-4)27(35)21-16-34(29(37)32(2)3)23-8-6-7-20(26(21)23)28(36)39-5/h6-14,16H,15H2,1-5H3. The average molecular weight is 526 g/mol. The zero-order valence-corrected chi connectivity index (χ0v) is 22.3. The van der Waals surface area contributed by atoms with E-state index in [-0.39, 0.29) is 22.9 Å². The first-order valence-electron chi connectivity index (χ1n) is 12.2. The van der Waals surface area contributed by atoms with Gasteiger partial charge in [-0.15, -0.1) is 0 Å². The molecule has 1 amide bonds. The molecular weight excluding hydrogens is 498 g/mol. The molecule has 0 bridgehead atoms. The van der Waals surface area contributed by atoms with E-state index in [1.165, 1.54) is 22.8 Å². The van der Waals surface area contributed by atoms with E-state index in [0.29, 0.717) is 28.8 Å². The maximum atomic E-state index is 13.9. The molecule has 198 valence electrons. The van der Waals surface area contributed by atoms with Crippen LogP contribution in [0.2, 0.25) is 0 Å². The van der Waals surface area contributed by atoms with E-state index >= 15 is 0 Å². The highest BCUT2D eigenvalue weighted by Crippen LogP contribution is 2.31. The molecule has 0 fully saturated rings. The monoisotopic (exact) mass is 525 g/mol. The van der Waals surface area contributed by atoms with Gasteiger partial charge in [-0.1, -0.05) is 18.2 Å². The number of fused-ring (bicyclic) bond motifs is 2. The Morgan fingerprint density at radius 3 is 2.51 bits per heavy atom. The van der Waals surface area contributed by atoms with Crippen molar-refractivity contribution in [3.63, 3.8) is 0 Å². The normalized spacial score (nSPS) is 11.1. The first-order chi connectivity index (χ1) is 18.7. The minimum atomic E-state index is -0.602. The van der Waals surface area contributed by atoms with Crippen LogP contribution in [0.4, 0.5) is 4.79 Å². The third-order valence-electron chi connectivity index (χ3n) is 6.69. The molecule has 5 aromatic rings.